The third-order valence-corrected chi connectivity index (χ3v) is 7.01. The number of hydrogen-bond acceptors (Lipinski definition) is 4. The van der Waals surface area contributed by atoms with Crippen LogP contribution in [0.2, 0.25) is 0 Å². The Hall–Kier alpha value is -2.92. The fourth-order valence-electron chi connectivity index (χ4n) is 5.11. The number of rotatable bonds is 8. The van der Waals surface area contributed by atoms with Crippen molar-refractivity contribution in [3.05, 3.63) is 65.5 Å². The Morgan fingerprint density at radius 2 is 1.73 bits per heavy atom. The topological polar surface area (TPSA) is 68.8 Å². The molecular weight excluding hydrogens is 406 g/mol. The van der Waals surface area contributed by atoms with Crippen LogP contribution in [0.1, 0.15) is 68.8 Å². The van der Waals surface area contributed by atoms with Gasteiger partial charge in [-0.05, 0) is 36.5 Å². The summed E-state index contributed by atoms with van der Waals surface area (Å²) in [5, 5.41) is 4.87. The number of aryl methyl sites for hydroxylation is 1. The van der Waals surface area contributed by atoms with Crippen molar-refractivity contribution in [2.45, 2.75) is 77.4 Å². The first-order chi connectivity index (χ1) is 16.2. The molecule has 0 atom stereocenters. The van der Waals surface area contributed by atoms with Crippen LogP contribution in [0.15, 0.2) is 48.5 Å². The van der Waals surface area contributed by atoms with Gasteiger partial charge in [-0.2, -0.15) is 0 Å². The Bertz CT molecular complexity index is 1220. The quantitative estimate of drug-likeness (QED) is 0.353. The molecule has 0 saturated heterocycles. The summed E-state index contributed by atoms with van der Waals surface area (Å²) < 4.78 is 2.36. The van der Waals surface area contributed by atoms with E-state index in [9.17, 15) is 0 Å². The largest absolute Gasteiger partial charge is 0.382 e. The zero-order chi connectivity index (χ0) is 22.6. The average molecular weight is 442 g/mol. The molecule has 1 fully saturated rings. The number of benzene rings is 2. The molecule has 5 nitrogen and oxygen atoms in total. The number of fused-ring (bicyclic) bond motifs is 3. The van der Waals surface area contributed by atoms with Crippen molar-refractivity contribution >= 4 is 27.8 Å². The lowest BCUT2D eigenvalue weighted by Crippen LogP contribution is -2.30. The Morgan fingerprint density at radius 3 is 2.52 bits per heavy atom. The van der Waals surface area contributed by atoms with Crippen molar-refractivity contribution in [2.24, 2.45) is 0 Å². The number of unbranched alkanes of at least 4 members (excludes halogenated alkanes) is 1. The molecule has 1 aliphatic rings. The van der Waals surface area contributed by atoms with E-state index in [0.717, 1.165) is 60.1 Å². The maximum absolute atomic E-state index is 6.35. The number of hydrogen-bond donors (Lipinski definition) is 2. The van der Waals surface area contributed by atoms with Gasteiger partial charge in [-0.15, -0.1) is 0 Å². The Labute approximate surface area is 196 Å². The van der Waals surface area contributed by atoms with Gasteiger partial charge >= 0.3 is 0 Å². The lowest BCUT2D eigenvalue weighted by molar-refractivity contribution is 0.372. The molecule has 0 unspecified atom stereocenters. The molecule has 172 valence electrons. The summed E-state index contributed by atoms with van der Waals surface area (Å²) >= 11 is 0. The third-order valence-electron chi connectivity index (χ3n) is 7.01. The summed E-state index contributed by atoms with van der Waals surface area (Å²) in [6.45, 7) is 3.96. The van der Waals surface area contributed by atoms with Gasteiger partial charge in [-0.1, -0.05) is 75.1 Å². The Morgan fingerprint density at radius 1 is 0.970 bits per heavy atom. The van der Waals surface area contributed by atoms with Gasteiger partial charge in [0.1, 0.15) is 11.3 Å². The summed E-state index contributed by atoms with van der Waals surface area (Å²) in [7, 11) is 0. The second kappa shape index (κ2) is 9.92. The van der Waals surface area contributed by atoms with Crippen LogP contribution in [0, 0.1) is 0 Å². The molecule has 3 N–H and O–H groups in total. The maximum atomic E-state index is 6.35. The van der Waals surface area contributed by atoms with Crippen molar-refractivity contribution in [2.75, 3.05) is 5.73 Å². The van der Waals surface area contributed by atoms with E-state index in [-0.39, 0.29) is 0 Å². The number of nitrogens with zero attached hydrogens (tertiary/aromatic N) is 3. The zero-order valence-corrected chi connectivity index (χ0v) is 19.7. The first-order valence-corrected chi connectivity index (χ1v) is 12.6. The third kappa shape index (κ3) is 4.74. The predicted octanol–water partition coefficient (Wildman–Crippen LogP) is 5.98. The van der Waals surface area contributed by atoms with Gasteiger partial charge in [-0.3, -0.25) is 0 Å². The van der Waals surface area contributed by atoms with Crippen LogP contribution in [0.5, 0.6) is 0 Å². The van der Waals surface area contributed by atoms with Gasteiger partial charge in [0, 0.05) is 30.9 Å². The average Bonchev–Trinajstić information content (AvgIpc) is 3.22. The van der Waals surface area contributed by atoms with E-state index < -0.39 is 0 Å². The van der Waals surface area contributed by atoms with Crippen LogP contribution in [-0.2, 0) is 19.5 Å². The van der Waals surface area contributed by atoms with Crippen LogP contribution < -0.4 is 11.1 Å². The van der Waals surface area contributed by atoms with Gasteiger partial charge < -0.3 is 15.6 Å². The zero-order valence-electron chi connectivity index (χ0n) is 19.7. The molecule has 33 heavy (non-hydrogen) atoms. The maximum Gasteiger partial charge on any atom is 0.152 e. The van der Waals surface area contributed by atoms with E-state index in [1.165, 1.54) is 43.2 Å². The van der Waals surface area contributed by atoms with Gasteiger partial charge in [-0.25, -0.2) is 9.97 Å². The molecule has 0 bridgehead atoms. The van der Waals surface area contributed by atoms with Crippen molar-refractivity contribution in [3.63, 3.8) is 0 Å². The van der Waals surface area contributed by atoms with E-state index in [2.05, 4.69) is 58.2 Å². The Balaban J connectivity index is 1.43. The lowest BCUT2D eigenvalue weighted by atomic mass is 9.95. The molecule has 2 heterocycles. The molecule has 0 amide bonds. The molecule has 2 aromatic carbocycles. The summed E-state index contributed by atoms with van der Waals surface area (Å²) in [6, 6.07) is 18.0. The van der Waals surface area contributed by atoms with Crippen LogP contribution in [-0.4, -0.2) is 20.6 Å². The van der Waals surface area contributed by atoms with E-state index in [1.807, 2.05) is 12.1 Å². The second-order valence-corrected chi connectivity index (χ2v) is 9.46. The molecule has 2 aromatic heterocycles. The van der Waals surface area contributed by atoms with E-state index >= 15 is 0 Å². The molecule has 0 aliphatic heterocycles. The van der Waals surface area contributed by atoms with Gasteiger partial charge in [0.05, 0.1) is 11.0 Å². The number of aromatic nitrogens is 3. The molecular formula is C28H35N5. The van der Waals surface area contributed by atoms with E-state index in [1.54, 1.807) is 0 Å². The normalized spacial score (nSPS) is 14.9. The fraction of sp³-hybridized carbons (Fsp3) is 0.429. The summed E-state index contributed by atoms with van der Waals surface area (Å²) in [5.74, 6) is 1.61. The Kier molecular flexibility index (Phi) is 6.58. The number of pyridine rings is 1. The molecule has 5 heteroatoms. The van der Waals surface area contributed by atoms with Gasteiger partial charge in [0.15, 0.2) is 5.82 Å². The van der Waals surface area contributed by atoms with Gasteiger partial charge in [0.25, 0.3) is 0 Å². The highest BCUT2D eigenvalue weighted by molar-refractivity contribution is 6.06. The predicted molar refractivity (Wildman–Crippen MR) is 137 cm³/mol. The number of nitrogens with one attached hydrogen (secondary N) is 1. The molecule has 0 radical (unpaired) electrons. The minimum Gasteiger partial charge on any atom is -0.382 e. The summed E-state index contributed by atoms with van der Waals surface area (Å²) in [6.07, 6.45) is 9.96. The van der Waals surface area contributed by atoms with Crippen molar-refractivity contribution < 1.29 is 0 Å². The molecule has 5 rings (SSSR count). The highest BCUT2D eigenvalue weighted by Crippen LogP contribution is 2.30. The lowest BCUT2D eigenvalue weighted by Gasteiger charge is -2.22. The monoisotopic (exact) mass is 441 g/mol. The van der Waals surface area contributed by atoms with Crippen LogP contribution in [0.4, 0.5) is 5.82 Å². The minimum absolute atomic E-state index is 0.518. The number of nitrogens with two attached hydrogens (primary N) is 1. The highest BCUT2D eigenvalue weighted by atomic mass is 15.1. The number of para-hydroxylation sites is 1. The van der Waals surface area contributed by atoms with Crippen molar-refractivity contribution in [1.82, 2.24) is 19.9 Å². The van der Waals surface area contributed by atoms with Crippen LogP contribution >= 0.6 is 0 Å². The summed E-state index contributed by atoms with van der Waals surface area (Å²) in [5.41, 5.74) is 11.8. The first-order valence-electron chi connectivity index (χ1n) is 12.6. The standard InChI is InChI=1S/C28H35N5/c1-2-3-13-25-32-26-27(23-11-7-8-12-24(23)31-28(26)29)33(25)19-21-16-14-20(15-17-21)18-30-22-9-5-4-6-10-22/h7-8,11-12,14-17,22,30H,2-6,9-10,13,18-19H2,1H3,(H2,29,31). The molecule has 1 aliphatic carbocycles. The molecule has 0 spiro atoms. The SMILES string of the molecule is CCCCc1nc2c(N)nc3ccccc3c2n1Cc1ccc(CNC2CCCCC2)cc1. The number of nitrogen functional groups attached to an aromatic ring is 1. The summed E-state index contributed by atoms with van der Waals surface area (Å²) in [4.78, 5) is 9.57. The highest BCUT2D eigenvalue weighted by Gasteiger charge is 2.17. The second-order valence-electron chi connectivity index (χ2n) is 9.46. The van der Waals surface area contributed by atoms with E-state index in [4.69, 9.17) is 10.7 Å². The molecule has 4 aromatic rings. The van der Waals surface area contributed by atoms with Crippen molar-refractivity contribution in [3.8, 4) is 0 Å². The number of imidazole rings is 1. The van der Waals surface area contributed by atoms with Crippen molar-refractivity contribution in [1.29, 1.82) is 0 Å². The van der Waals surface area contributed by atoms with Gasteiger partial charge in [0.2, 0.25) is 0 Å². The van der Waals surface area contributed by atoms with Crippen LogP contribution in [0.3, 0.4) is 0 Å². The number of anilines is 1. The molecule has 1 saturated carbocycles. The minimum atomic E-state index is 0.518. The first kappa shape index (κ1) is 21.9. The smallest absolute Gasteiger partial charge is 0.152 e. The van der Waals surface area contributed by atoms with Crippen LogP contribution in [0.25, 0.3) is 21.9 Å². The fourth-order valence-corrected chi connectivity index (χ4v) is 5.11. The van der Waals surface area contributed by atoms with E-state index in [0.29, 0.717) is 11.9 Å².